The summed E-state index contributed by atoms with van der Waals surface area (Å²) in [5.74, 6) is 0. The van der Waals surface area contributed by atoms with Crippen LogP contribution in [0.15, 0.2) is 0 Å². The van der Waals surface area contributed by atoms with Crippen molar-refractivity contribution in [3.63, 3.8) is 0 Å². The SMILES string of the molecule is CC(C)(C)OC(=O)NNC1CCCCC1(C)C. The van der Waals surface area contributed by atoms with E-state index in [4.69, 9.17) is 4.74 Å². The molecule has 1 atom stereocenters. The molecule has 1 aliphatic carbocycles. The fourth-order valence-electron chi connectivity index (χ4n) is 2.21. The molecule has 2 N–H and O–H groups in total. The van der Waals surface area contributed by atoms with Crippen molar-refractivity contribution in [2.75, 3.05) is 0 Å². The topological polar surface area (TPSA) is 50.4 Å². The molecule has 0 heterocycles. The van der Waals surface area contributed by atoms with Crippen molar-refractivity contribution >= 4 is 6.09 Å². The molecule has 1 saturated carbocycles. The summed E-state index contributed by atoms with van der Waals surface area (Å²) in [6, 6.07) is 0.323. The van der Waals surface area contributed by atoms with E-state index >= 15 is 0 Å². The molecule has 0 radical (unpaired) electrons. The van der Waals surface area contributed by atoms with Gasteiger partial charge in [-0.2, -0.15) is 0 Å². The van der Waals surface area contributed by atoms with E-state index < -0.39 is 11.7 Å². The van der Waals surface area contributed by atoms with Crippen LogP contribution in [0, 0.1) is 5.41 Å². The number of rotatable bonds is 2. The molecular weight excluding hydrogens is 216 g/mol. The van der Waals surface area contributed by atoms with E-state index in [2.05, 4.69) is 24.7 Å². The third-order valence-electron chi connectivity index (χ3n) is 3.25. The third kappa shape index (κ3) is 4.94. The fourth-order valence-corrected chi connectivity index (χ4v) is 2.21. The number of hydrogen-bond acceptors (Lipinski definition) is 3. The first-order valence-electron chi connectivity index (χ1n) is 6.45. The number of carbonyl (C=O) groups is 1. The molecule has 1 unspecified atom stereocenters. The van der Waals surface area contributed by atoms with Gasteiger partial charge in [-0.1, -0.05) is 26.7 Å². The zero-order valence-corrected chi connectivity index (χ0v) is 11.7. The van der Waals surface area contributed by atoms with Crippen LogP contribution in [0.25, 0.3) is 0 Å². The minimum absolute atomic E-state index is 0.229. The quantitative estimate of drug-likeness (QED) is 0.732. The minimum Gasteiger partial charge on any atom is -0.443 e. The number of hydrogen-bond donors (Lipinski definition) is 2. The Bertz CT molecular complexity index is 269. The summed E-state index contributed by atoms with van der Waals surface area (Å²) < 4.78 is 5.18. The van der Waals surface area contributed by atoms with E-state index in [0.29, 0.717) is 6.04 Å². The summed E-state index contributed by atoms with van der Waals surface area (Å²) in [5, 5.41) is 0. The van der Waals surface area contributed by atoms with E-state index in [0.717, 1.165) is 6.42 Å². The van der Waals surface area contributed by atoms with Crippen molar-refractivity contribution in [1.29, 1.82) is 0 Å². The zero-order valence-electron chi connectivity index (χ0n) is 11.7. The van der Waals surface area contributed by atoms with Crippen LogP contribution >= 0.6 is 0 Å². The predicted molar refractivity (Wildman–Crippen MR) is 68.5 cm³/mol. The maximum atomic E-state index is 11.5. The third-order valence-corrected chi connectivity index (χ3v) is 3.25. The Balaban J connectivity index is 2.37. The average Bonchev–Trinajstić information content (AvgIpc) is 2.12. The normalized spacial score (nSPS) is 24.2. The van der Waals surface area contributed by atoms with Gasteiger partial charge in [-0.05, 0) is 39.0 Å². The molecule has 0 bridgehead atoms. The Morgan fingerprint density at radius 2 is 1.94 bits per heavy atom. The lowest BCUT2D eigenvalue weighted by Gasteiger charge is -2.39. The lowest BCUT2D eigenvalue weighted by molar-refractivity contribution is 0.0447. The molecule has 0 aromatic rings. The summed E-state index contributed by atoms with van der Waals surface area (Å²) in [4.78, 5) is 11.5. The predicted octanol–water partition coefficient (Wildman–Crippen LogP) is 2.98. The number of amides is 1. The van der Waals surface area contributed by atoms with Crippen molar-refractivity contribution in [3.05, 3.63) is 0 Å². The standard InChI is InChI=1S/C13H26N2O2/c1-12(2,3)17-11(16)15-14-10-8-6-7-9-13(10,4)5/h10,14H,6-9H2,1-5H3,(H,15,16). The van der Waals surface area contributed by atoms with Gasteiger partial charge in [0.1, 0.15) is 5.60 Å². The van der Waals surface area contributed by atoms with E-state index in [1.807, 2.05) is 20.8 Å². The Hall–Kier alpha value is -0.770. The van der Waals surface area contributed by atoms with Crippen LogP contribution in [0.3, 0.4) is 0 Å². The Morgan fingerprint density at radius 3 is 2.47 bits per heavy atom. The number of carbonyl (C=O) groups excluding carboxylic acids is 1. The fraction of sp³-hybridized carbons (Fsp3) is 0.923. The largest absolute Gasteiger partial charge is 0.443 e. The molecular formula is C13H26N2O2. The molecule has 100 valence electrons. The van der Waals surface area contributed by atoms with E-state index in [9.17, 15) is 4.79 Å². The number of hydrazine groups is 1. The molecule has 0 spiro atoms. The van der Waals surface area contributed by atoms with Gasteiger partial charge >= 0.3 is 6.09 Å². The first-order valence-corrected chi connectivity index (χ1v) is 6.45. The van der Waals surface area contributed by atoms with Crippen molar-refractivity contribution < 1.29 is 9.53 Å². The Morgan fingerprint density at radius 1 is 1.29 bits per heavy atom. The van der Waals surface area contributed by atoms with Gasteiger partial charge in [-0.3, -0.25) is 5.43 Å². The van der Waals surface area contributed by atoms with Crippen LogP contribution in [0.1, 0.15) is 60.3 Å². The van der Waals surface area contributed by atoms with Gasteiger partial charge in [0.15, 0.2) is 0 Å². The molecule has 1 amide bonds. The Kier molecular flexibility index (Phi) is 4.42. The van der Waals surface area contributed by atoms with Crippen molar-refractivity contribution in [1.82, 2.24) is 10.9 Å². The maximum Gasteiger partial charge on any atom is 0.422 e. The highest BCUT2D eigenvalue weighted by Gasteiger charge is 2.32. The highest BCUT2D eigenvalue weighted by molar-refractivity contribution is 5.67. The molecule has 17 heavy (non-hydrogen) atoms. The summed E-state index contributed by atoms with van der Waals surface area (Å²) in [6.45, 7) is 10.0. The van der Waals surface area contributed by atoms with Crippen LogP contribution in [0.4, 0.5) is 4.79 Å². The molecule has 1 fully saturated rings. The summed E-state index contributed by atoms with van der Waals surface area (Å²) in [6.07, 6.45) is 4.39. The highest BCUT2D eigenvalue weighted by Crippen LogP contribution is 2.34. The van der Waals surface area contributed by atoms with Gasteiger partial charge in [0.05, 0.1) is 0 Å². The maximum absolute atomic E-state index is 11.5. The van der Waals surface area contributed by atoms with Gasteiger partial charge in [0, 0.05) is 6.04 Å². The molecule has 0 aromatic heterocycles. The van der Waals surface area contributed by atoms with Crippen LogP contribution in [-0.4, -0.2) is 17.7 Å². The van der Waals surface area contributed by atoms with Gasteiger partial charge in [0.2, 0.25) is 0 Å². The van der Waals surface area contributed by atoms with Crippen LogP contribution in [0.2, 0.25) is 0 Å². The van der Waals surface area contributed by atoms with E-state index in [1.54, 1.807) is 0 Å². The minimum atomic E-state index is -0.451. The summed E-state index contributed by atoms with van der Waals surface area (Å²) in [7, 11) is 0. The van der Waals surface area contributed by atoms with E-state index in [1.165, 1.54) is 19.3 Å². The van der Waals surface area contributed by atoms with Gasteiger partial charge in [0.25, 0.3) is 0 Å². The highest BCUT2D eigenvalue weighted by atomic mass is 16.6. The Labute approximate surface area is 104 Å². The molecule has 0 aliphatic heterocycles. The van der Waals surface area contributed by atoms with Crippen LogP contribution in [-0.2, 0) is 4.74 Å². The monoisotopic (exact) mass is 242 g/mol. The van der Waals surface area contributed by atoms with Gasteiger partial charge < -0.3 is 4.74 Å². The average molecular weight is 242 g/mol. The molecule has 4 nitrogen and oxygen atoms in total. The second-order valence-electron chi connectivity index (χ2n) is 6.56. The van der Waals surface area contributed by atoms with Crippen molar-refractivity contribution in [2.24, 2.45) is 5.41 Å². The molecule has 0 aromatic carbocycles. The first-order chi connectivity index (χ1) is 7.71. The van der Waals surface area contributed by atoms with Gasteiger partial charge in [-0.15, -0.1) is 0 Å². The second-order valence-corrected chi connectivity index (χ2v) is 6.56. The summed E-state index contributed by atoms with van der Waals surface area (Å²) in [5.41, 5.74) is 5.54. The van der Waals surface area contributed by atoms with Crippen molar-refractivity contribution in [2.45, 2.75) is 71.9 Å². The van der Waals surface area contributed by atoms with Crippen LogP contribution in [0.5, 0.6) is 0 Å². The number of ether oxygens (including phenoxy) is 1. The molecule has 1 rings (SSSR count). The van der Waals surface area contributed by atoms with E-state index in [-0.39, 0.29) is 5.41 Å². The number of nitrogens with one attached hydrogen (secondary N) is 2. The molecule has 4 heteroatoms. The zero-order chi connectivity index (χ0) is 13.1. The lowest BCUT2D eigenvalue weighted by Crippen LogP contribution is -2.53. The van der Waals surface area contributed by atoms with Gasteiger partial charge in [-0.25, -0.2) is 10.2 Å². The first kappa shape index (κ1) is 14.3. The molecule has 1 aliphatic rings. The lowest BCUT2D eigenvalue weighted by atomic mass is 9.73. The summed E-state index contributed by atoms with van der Waals surface area (Å²) >= 11 is 0. The smallest absolute Gasteiger partial charge is 0.422 e. The molecule has 0 saturated heterocycles. The van der Waals surface area contributed by atoms with Crippen molar-refractivity contribution in [3.8, 4) is 0 Å². The van der Waals surface area contributed by atoms with Crippen LogP contribution < -0.4 is 10.9 Å². The second kappa shape index (κ2) is 5.25.